The Morgan fingerprint density at radius 1 is 1.44 bits per heavy atom. The molecule has 0 bridgehead atoms. The Labute approximate surface area is 101 Å². The number of thiazole rings is 1. The Balaban J connectivity index is 2.52. The Morgan fingerprint density at radius 2 is 2.19 bits per heavy atom. The second-order valence-electron chi connectivity index (χ2n) is 3.57. The maximum Gasteiger partial charge on any atom is 0.156 e. The minimum absolute atomic E-state index is 0.0714. The normalized spacial score (nSPS) is 11.9. The molecule has 6 heteroatoms. The monoisotopic (exact) mass is 262 g/mol. The molecule has 1 N–H and O–H groups in total. The fraction of sp³-hybridized carbons (Fsp3) is 0.700. The van der Waals surface area contributed by atoms with Crippen LogP contribution >= 0.6 is 11.3 Å². The average Bonchev–Trinajstić information content (AvgIpc) is 2.65. The molecule has 0 atom stereocenters. The van der Waals surface area contributed by atoms with Crippen LogP contribution in [-0.2, 0) is 22.1 Å². The summed E-state index contributed by atoms with van der Waals surface area (Å²) in [4.78, 5) is 5.22. The maximum atomic E-state index is 11.4. The van der Waals surface area contributed by atoms with Gasteiger partial charge < -0.3 is 5.32 Å². The summed E-state index contributed by atoms with van der Waals surface area (Å²) >= 11 is 1.47. The number of sulfone groups is 1. The third kappa shape index (κ3) is 4.59. The number of hydrogen-bond acceptors (Lipinski definition) is 5. The van der Waals surface area contributed by atoms with Gasteiger partial charge >= 0.3 is 0 Å². The molecule has 0 aliphatic heterocycles. The van der Waals surface area contributed by atoms with Crippen LogP contribution in [0.15, 0.2) is 6.20 Å². The van der Waals surface area contributed by atoms with E-state index < -0.39 is 9.84 Å². The molecule has 1 heterocycles. The van der Waals surface area contributed by atoms with Crippen LogP contribution in [0.5, 0.6) is 0 Å². The Kier molecular flexibility index (Phi) is 5.37. The van der Waals surface area contributed by atoms with Gasteiger partial charge in [-0.3, -0.25) is 0 Å². The highest BCUT2D eigenvalue weighted by molar-refractivity contribution is 7.90. The molecule has 92 valence electrons. The van der Waals surface area contributed by atoms with Crippen LogP contribution < -0.4 is 5.32 Å². The lowest BCUT2D eigenvalue weighted by Crippen LogP contribution is -2.12. The van der Waals surface area contributed by atoms with Crippen molar-refractivity contribution in [2.45, 2.75) is 32.6 Å². The van der Waals surface area contributed by atoms with Gasteiger partial charge in [0, 0.05) is 23.4 Å². The summed E-state index contributed by atoms with van der Waals surface area (Å²) in [5, 5.41) is 3.95. The molecule has 0 saturated heterocycles. The summed E-state index contributed by atoms with van der Waals surface area (Å²) in [5.74, 6) is 0.248. The van der Waals surface area contributed by atoms with Gasteiger partial charge in [0.25, 0.3) is 0 Å². The van der Waals surface area contributed by atoms with Crippen molar-refractivity contribution in [3.05, 3.63) is 16.1 Å². The smallest absolute Gasteiger partial charge is 0.156 e. The summed E-state index contributed by atoms with van der Waals surface area (Å²) in [5.41, 5.74) is 0. The molecule has 0 amide bonds. The molecule has 0 aliphatic rings. The minimum Gasteiger partial charge on any atom is -0.312 e. The highest BCUT2D eigenvalue weighted by Gasteiger charge is 2.12. The third-order valence-electron chi connectivity index (χ3n) is 2.11. The summed E-state index contributed by atoms with van der Waals surface area (Å²) < 4.78 is 22.8. The molecule has 1 aromatic rings. The summed E-state index contributed by atoms with van der Waals surface area (Å²) in [6.07, 6.45) is 2.85. The van der Waals surface area contributed by atoms with Gasteiger partial charge in [-0.1, -0.05) is 13.8 Å². The Morgan fingerprint density at radius 3 is 2.81 bits per heavy atom. The van der Waals surface area contributed by atoms with E-state index in [2.05, 4.69) is 17.2 Å². The lowest BCUT2D eigenvalue weighted by atomic mass is 10.4. The van der Waals surface area contributed by atoms with Crippen LogP contribution in [0.25, 0.3) is 0 Å². The first-order valence-electron chi connectivity index (χ1n) is 5.42. The quantitative estimate of drug-likeness (QED) is 0.758. The molecular weight excluding hydrogens is 244 g/mol. The molecule has 1 rings (SSSR count). The zero-order valence-corrected chi connectivity index (χ0v) is 11.3. The zero-order valence-electron chi connectivity index (χ0n) is 9.69. The first-order valence-corrected chi connectivity index (χ1v) is 8.06. The fourth-order valence-electron chi connectivity index (χ4n) is 1.18. The van der Waals surface area contributed by atoms with Gasteiger partial charge in [0.05, 0.1) is 0 Å². The van der Waals surface area contributed by atoms with E-state index in [4.69, 9.17) is 0 Å². The highest BCUT2D eigenvalue weighted by atomic mass is 32.2. The SMILES string of the molecule is CCCNCc1cnc(CS(=O)(=O)CC)s1. The van der Waals surface area contributed by atoms with E-state index in [1.165, 1.54) is 11.3 Å². The van der Waals surface area contributed by atoms with E-state index in [0.717, 1.165) is 24.4 Å². The van der Waals surface area contributed by atoms with E-state index in [0.29, 0.717) is 5.01 Å². The first kappa shape index (κ1) is 13.6. The second-order valence-corrected chi connectivity index (χ2v) is 7.13. The number of hydrogen-bond donors (Lipinski definition) is 1. The Hall–Kier alpha value is -0.460. The van der Waals surface area contributed by atoms with Crippen molar-refractivity contribution in [1.29, 1.82) is 0 Å². The van der Waals surface area contributed by atoms with E-state index in [1.807, 2.05) is 0 Å². The molecule has 0 aliphatic carbocycles. The summed E-state index contributed by atoms with van der Waals surface area (Å²) in [6, 6.07) is 0. The van der Waals surface area contributed by atoms with Crippen LogP contribution in [0, 0.1) is 0 Å². The standard InChI is InChI=1S/C10H18N2O2S2/c1-3-5-11-6-9-7-12-10(15-9)8-16(13,14)4-2/h7,11H,3-6,8H2,1-2H3. The van der Waals surface area contributed by atoms with Crippen molar-refractivity contribution in [2.24, 2.45) is 0 Å². The largest absolute Gasteiger partial charge is 0.312 e. The molecule has 0 radical (unpaired) electrons. The van der Waals surface area contributed by atoms with Gasteiger partial charge in [-0.25, -0.2) is 13.4 Å². The molecule has 0 unspecified atom stereocenters. The van der Waals surface area contributed by atoms with Gasteiger partial charge in [0.15, 0.2) is 9.84 Å². The topological polar surface area (TPSA) is 59.1 Å². The number of nitrogens with zero attached hydrogens (tertiary/aromatic N) is 1. The average molecular weight is 262 g/mol. The van der Waals surface area contributed by atoms with Crippen molar-refractivity contribution >= 4 is 21.2 Å². The van der Waals surface area contributed by atoms with Crippen LogP contribution in [0.2, 0.25) is 0 Å². The molecule has 0 saturated carbocycles. The van der Waals surface area contributed by atoms with Crippen molar-refractivity contribution in [3.8, 4) is 0 Å². The van der Waals surface area contributed by atoms with Crippen molar-refractivity contribution < 1.29 is 8.42 Å². The predicted molar refractivity (Wildman–Crippen MR) is 67.3 cm³/mol. The van der Waals surface area contributed by atoms with Gasteiger partial charge in [0.2, 0.25) is 0 Å². The molecular formula is C10H18N2O2S2. The van der Waals surface area contributed by atoms with Gasteiger partial charge in [-0.15, -0.1) is 11.3 Å². The van der Waals surface area contributed by atoms with Gasteiger partial charge in [-0.05, 0) is 13.0 Å². The van der Waals surface area contributed by atoms with Crippen LogP contribution in [0.4, 0.5) is 0 Å². The van der Waals surface area contributed by atoms with Crippen LogP contribution in [0.3, 0.4) is 0 Å². The maximum absolute atomic E-state index is 11.4. The van der Waals surface area contributed by atoms with E-state index in [9.17, 15) is 8.42 Å². The van der Waals surface area contributed by atoms with Gasteiger partial charge in [-0.2, -0.15) is 0 Å². The van der Waals surface area contributed by atoms with E-state index >= 15 is 0 Å². The fourth-order valence-corrected chi connectivity index (χ4v) is 3.29. The Bertz CT molecular complexity index is 412. The van der Waals surface area contributed by atoms with Crippen molar-refractivity contribution in [3.63, 3.8) is 0 Å². The van der Waals surface area contributed by atoms with Crippen LogP contribution in [-0.4, -0.2) is 25.7 Å². The van der Waals surface area contributed by atoms with Crippen molar-refractivity contribution in [1.82, 2.24) is 10.3 Å². The number of aromatic nitrogens is 1. The second kappa shape index (κ2) is 6.32. The molecule has 4 nitrogen and oxygen atoms in total. The number of nitrogens with one attached hydrogen (secondary N) is 1. The minimum atomic E-state index is -2.96. The summed E-state index contributed by atoms with van der Waals surface area (Å²) in [7, 11) is -2.96. The van der Waals surface area contributed by atoms with Crippen molar-refractivity contribution in [2.75, 3.05) is 12.3 Å². The molecule has 0 aromatic carbocycles. The third-order valence-corrected chi connectivity index (χ3v) is 4.88. The molecule has 16 heavy (non-hydrogen) atoms. The summed E-state index contributed by atoms with van der Waals surface area (Å²) in [6.45, 7) is 5.52. The highest BCUT2D eigenvalue weighted by Crippen LogP contribution is 2.15. The lowest BCUT2D eigenvalue weighted by Gasteiger charge is -1.98. The lowest BCUT2D eigenvalue weighted by molar-refractivity contribution is 0.596. The predicted octanol–water partition coefficient (Wildman–Crippen LogP) is 1.58. The van der Waals surface area contributed by atoms with Crippen LogP contribution in [0.1, 0.15) is 30.2 Å². The van der Waals surface area contributed by atoms with E-state index in [1.54, 1.807) is 13.1 Å². The zero-order chi connectivity index (χ0) is 12.0. The first-order chi connectivity index (χ1) is 7.57. The molecule has 0 fully saturated rings. The molecule has 1 aromatic heterocycles. The number of rotatable bonds is 7. The van der Waals surface area contributed by atoms with Gasteiger partial charge in [0.1, 0.15) is 10.8 Å². The van der Waals surface area contributed by atoms with E-state index in [-0.39, 0.29) is 11.5 Å². The molecule has 0 spiro atoms.